The van der Waals surface area contributed by atoms with E-state index in [2.05, 4.69) is 20.4 Å². The van der Waals surface area contributed by atoms with E-state index in [-0.39, 0.29) is 5.91 Å². The van der Waals surface area contributed by atoms with Crippen LogP contribution in [0.15, 0.2) is 67.0 Å². The Hall–Kier alpha value is -3.54. The molecule has 1 amide bonds. The summed E-state index contributed by atoms with van der Waals surface area (Å²) in [5.74, 6) is 0.110. The molecule has 1 N–H and O–H groups in total. The van der Waals surface area contributed by atoms with Gasteiger partial charge in [-0.3, -0.25) is 14.5 Å². The van der Waals surface area contributed by atoms with E-state index < -0.39 is 0 Å². The molecule has 0 spiro atoms. The molecule has 4 rings (SSSR count). The summed E-state index contributed by atoms with van der Waals surface area (Å²) in [6.45, 7) is 0. The Morgan fingerprint density at radius 2 is 1.84 bits per heavy atom. The van der Waals surface area contributed by atoms with E-state index in [1.165, 1.54) is 0 Å². The minimum Gasteiger partial charge on any atom is -0.303 e. The summed E-state index contributed by atoms with van der Waals surface area (Å²) in [5.41, 5.74) is 2.85. The second-order valence-corrected chi connectivity index (χ2v) is 5.59. The third kappa shape index (κ3) is 2.85. The Labute approximate surface area is 144 Å². The van der Waals surface area contributed by atoms with Crippen molar-refractivity contribution < 1.29 is 4.79 Å². The van der Waals surface area contributed by atoms with Crippen LogP contribution in [0.2, 0.25) is 0 Å². The fourth-order valence-electron chi connectivity index (χ4n) is 2.72. The van der Waals surface area contributed by atoms with Crippen molar-refractivity contribution in [1.82, 2.24) is 19.7 Å². The van der Waals surface area contributed by atoms with Gasteiger partial charge >= 0.3 is 0 Å². The maximum absolute atomic E-state index is 12.6. The number of anilines is 1. The Morgan fingerprint density at radius 3 is 2.68 bits per heavy atom. The molecule has 3 aromatic heterocycles. The molecule has 0 fully saturated rings. The summed E-state index contributed by atoms with van der Waals surface area (Å²) in [5, 5.41) is 8.04. The molecule has 0 aliphatic heterocycles. The average molecular weight is 329 g/mol. The van der Waals surface area contributed by atoms with Crippen molar-refractivity contribution in [2.45, 2.75) is 0 Å². The number of hydrogen-bond acceptors (Lipinski definition) is 4. The number of aryl methyl sites for hydroxylation is 1. The zero-order valence-corrected chi connectivity index (χ0v) is 13.5. The maximum Gasteiger partial charge on any atom is 0.277 e. The lowest BCUT2D eigenvalue weighted by Gasteiger charge is -2.05. The van der Waals surface area contributed by atoms with Crippen LogP contribution in [-0.4, -0.2) is 25.7 Å². The Balaban J connectivity index is 1.66. The SMILES string of the molecule is Cn1nc(C(=O)Nc2nccc3cccnc23)cc1-c1ccccc1. The largest absolute Gasteiger partial charge is 0.303 e. The van der Waals surface area contributed by atoms with Gasteiger partial charge in [0.1, 0.15) is 5.52 Å². The fraction of sp³-hybridized carbons (Fsp3) is 0.0526. The van der Waals surface area contributed by atoms with Gasteiger partial charge in [-0.15, -0.1) is 0 Å². The molecule has 0 saturated heterocycles. The van der Waals surface area contributed by atoms with Gasteiger partial charge in [-0.05, 0) is 23.8 Å². The number of benzene rings is 1. The minimum atomic E-state index is -0.316. The number of nitrogens with one attached hydrogen (secondary N) is 1. The van der Waals surface area contributed by atoms with Gasteiger partial charge in [0.25, 0.3) is 5.91 Å². The normalized spacial score (nSPS) is 10.8. The van der Waals surface area contributed by atoms with Crippen LogP contribution in [0.4, 0.5) is 5.82 Å². The Morgan fingerprint density at radius 1 is 1.00 bits per heavy atom. The second-order valence-electron chi connectivity index (χ2n) is 5.59. The summed E-state index contributed by atoms with van der Waals surface area (Å²) < 4.78 is 1.69. The molecular formula is C19H15N5O. The first kappa shape index (κ1) is 15.0. The molecule has 25 heavy (non-hydrogen) atoms. The molecule has 0 radical (unpaired) electrons. The summed E-state index contributed by atoms with van der Waals surface area (Å²) in [6, 6.07) is 17.2. The smallest absolute Gasteiger partial charge is 0.277 e. The van der Waals surface area contributed by atoms with E-state index in [1.807, 2.05) is 55.6 Å². The van der Waals surface area contributed by atoms with Crippen molar-refractivity contribution in [3.63, 3.8) is 0 Å². The Kier molecular flexibility index (Phi) is 3.70. The number of fused-ring (bicyclic) bond motifs is 1. The van der Waals surface area contributed by atoms with Crippen LogP contribution in [0.1, 0.15) is 10.5 Å². The molecule has 0 atom stereocenters. The van der Waals surface area contributed by atoms with E-state index in [1.54, 1.807) is 23.1 Å². The number of carbonyl (C=O) groups is 1. The molecular weight excluding hydrogens is 314 g/mol. The van der Waals surface area contributed by atoms with Crippen LogP contribution >= 0.6 is 0 Å². The van der Waals surface area contributed by atoms with Gasteiger partial charge in [-0.2, -0.15) is 5.10 Å². The second kappa shape index (κ2) is 6.16. The van der Waals surface area contributed by atoms with Crippen LogP contribution in [0.3, 0.4) is 0 Å². The van der Waals surface area contributed by atoms with Crippen molar-refractivity contribution in [2.24, 2.45) is 7.05 Å². The van der Waals surface area contributed by atoms with Gasteiger partial charge in [-0.1, -0.05) is 36.4 Å². The van der Waals surface area contributed by atoms with Gasteiger partial charge in [-0.25, -0.2) is 4.98 Å². The number of pyridine rings is 2. The predicted molar refractivity (Wildman–Crippen MR) is 96.1 cm³/mol. The molecule has 0 aliphatic rings. The third-order valence-electron chi connectivity index (χ3n) is 3.93. The topological polar surface area (TPSA) is 72.7 Å². The maximum atomic E-state index is 12.6. The van der Waals surface area contributed by atoms with E-state index in [9.17, 15) is 4.79 Å². The van der Waals surface area contributed by atoms with Crippen LogP contribution in [-0.2, 0) is 7.05 Å². The molecule has 0 aliphatic carbocycles. The van der Waals surface area contributed by atoms with Crippen LogP contribution in [0.25, 0.3) is 22.2 Å². The zero-order chi connectivity index (χ0) is 17.2. The van der Waals surface area contributed by atoms with Crippen LogP contribution < -0.4 is 5.32 Å². The molecule has 0 saturated carbocycles. The number of aromatic nitrogens is 4. The molecule has 1 aromatic carbocycles. The van der Waals surface area contributed by atoms with Gasteiger partial charge in [0, 0.05) is 24.8 Å². The van der Waals surface area contributed by atoms with Crippen molar-refractivity contribution in [3.8, 4) is 11.3 Å². The highest BCUT2D eigenvalue weighted by Gasteiger charge is 2.15. The quantitative estimate of drug-likeness (QED) is 0.626. The fourth-order valence-corrected chi connectivity index (χ4v) is 2.72. The molecule has 0 unspecified atom stereocenters. The highest BCUT2D eigenvalue weighted by molar-refractivity contribution is 6.06. The first-order valence-corrected chi connectivity index (χ1v) is 7.83. The molecule has 0 bridgehead atoms. The molecule has 6 heteroatoms. The summed E-state index contributed by atoms with van der Waals surface area (Å²) in [4.78, 5) is 21.1. The van der Waals surface area contributed by atoms with Crippen LogP contribution in [0, 0.1) is 0 Å². The van der Waals surface area contributed by atoms with Gasteiger partial charge in [0.15, 0.2) is 11.5 Å². The predicted octanol–water partition coefficient (Wildman–Crippen LogP) is 3.28. The molecule has 3 heterocycles. The van der Waals surface area contributed by atoms with Gasteiger partial charge in [0.05, 0.1) is 5.69 Å². The van der Waals surface area contributed by atoms with E-state index in [4.69, 9.17) is 0 Å². The number of nitrogens with zero attached hydrogens (tertiary/aromatic N) is 4. The molecule has 122 valence electrons. The molecule has 4 aromatic rings. The first-order chi connectivity index (χ1) is 12.2. The van der Waals surface area contributed by atoms with Crippen molar-refractivity contribution in [3.05, 3.63) is 72.7 Å². The van der Waals surface area contributed by atoms with Crippen molar-refractivity contribution in [1.29, 1.82) is 0 Å². The van der Waals surface area contributed by atoms with Crippen molar-refractivity contribution in [2.75, 3.05) is 5.32 Å². The first-order valence-electron chi connectivity index (χ1n) is 7.83. The van der Waals surface area contributed by atoms with E-state index >= 15 is 0 Å². The summed E-state index contributed by atoms with van der Waals surface area (Å²) in [7, 11) is 1.82. The number of carbonyl (C=O) groups excluding carboxylic acids is 1. The van der Waals surface area contributed by atoms with Crippen LogP contribution in [0.5, 0.6) is 0 Å². The summed E-state index contributed by atoms with van der Waals surface area (Å²) >= 11 is 0. The number of hydrogen-bond donors (Lipinski definition) is 1. The summed E-state index contributed by atoms with van der Waals surface area (Å²) in [6.07, 6.45) is 3.32. The van der Waals surface area contributed by atoms with Gasteiger partial charge < -0.3 is 5.32 Å². The lowest BCUT2D eigenvalue weighted by atomic mass is 10.1. The van der Waals surface area contributed by atoms with Gasteiger partial charge in [0.2, 0.25) is 0 Å². The number of rotatable bonds is 3. The molecule has 6 nitrogen and oxygen atoms in total. The lowest BCUT2D eigenvalue weighted by molar-refractivity contribution is 0.102. The zero-order valence-electron chi connectivity index (χ0n) is 13.5. The van der Waals surface area contributed by atoms with E-state index in [0.29, 0.717) is 17.0 Å². The number of amides is 1. The minimum absolute atomic E-state index is 0.316. The lowest BCUT2D eigenvalue weighted by Crippen LogP contribution is -2.14. The average Bonchev–Trinajstić information content (AvgIpc) is 3.05. The highest BCUT2D eigenvalue weighted by atomic mass is 16.2. The Bertz CT molecular complexity index is 1050. The van der Waals surface area contributed by atoms with E-state index in [0.717, 1.165) is 16.6 Å². The standard InChI is InChI=1S/C19H15N5O/c1-24-16(13-6-3-2-4-7-13)12-15(23-24)19(25)22-18-17-14(9-11-21-18)8-5-10-20-17/h2-12H,1H3,(H,21,22,25). The third-order valence-corrected chi connectivity index (χ3v) is 3.93. The van der Waals surface area contributed by atoms with Crippen molar-refractivity contribution >= 4 is 22.6 Å². The highest BCUT2D eigenvalue weighted by Crippen LogP contribution is 2.21. The monoisotopic (exact) mass is 329 g/mol.